The highest BCUT2D eigenvalue weighted by atomic mass is 32.2. The van der Waals surface area contributed by atoms with Crippen LogP contribution in [0.25, 0.3) is 0 Å². The molecule has 0 saturated carbocycles. The fourth-order valence-electron chi connectivity index (χ4n) is 7.38. The number of anilines is 1. The van der Waals surface area contributed by atoms with Crippen molar-refractivity contribution < 1.29 is 40.8 Å². The van der Waals surface area contributed by atoms with Gasteiger partial charge in [0.15, 0.2) is 0 Å². The van der Waals surface area contributed by atoms with Gasteiger partial charge < -0.3 is 28.6 Å². The Labute approximate surface area is 295 Å². The first-order valence-corrected chi connectivity index (χ1v) is 17.9. The van der Waals surface area contributed by atoms with Crippen molar-refractivity contribution >= 4 is 27.8 Å². The number of fused-ring (bicyclic) bond motifs is 1. The molecule has 3 aromatic rings. The van der Waals surface area contributed by atoms with E-state index in [4.69, 9.17) is 18.4 Å². The molecule has 0 radical (unpaired) electrons. The van der Waals surface area contributed by atoms with Crippen molar-refractivity contribution in [2.24, 2.45) is 0 Å². The topological polar surface area (TPSA) is 164 Å². The molecular weight excluding hydrogens is 683 g/mol. The Morgan fingerprint density at radius 1 is 1.10 bits per heavy atom. The zero-order chi connectivity index (χ0) is 36.4. The van der Waals surface area contributed by atoms with E-state index in [0.29, 0.717) is 29.7 Å². The summed E-state index contributed by atoms with van der Waals surface area (Å²) >= 11 is 0. The normalized spacial score (nSPS) is 22.8. The van der Waals surface area contributed by atoms with Gasteiger partial charge in [0.05, 0.1) is 51.4 Å². The van der Waals surface area contributed by atoms with Crippen LogP contribution in [0, 0.1) is 17.1 Å². The maximum absolute atomic E-state index is 14.4. The number of aromatic nitrogens is 1. The smallest absolute Gasteiger partial charge is 0.426 e. The van der Waals surface area contributed by atoms with Crippen LogP contribution in [-0.2, 0) is 19.1 Å². The second-order valence-corrected chi connectivity index (χ2v) is 14.1. The molecule has 1 N–H and O–H groups in total. The lowest BCUT2D eigenvalue weighted by atomic mass is 9.79. The second-order valence-electron chi connectivity index (χ2n) is 12.6. The van der Waals surface area contributed by atoms with Gasteiger partial charge in [-0.1, -0.05) is 12.1 Å². The van der Waals surface area contributed by atoms with E-state index < -0.39 is 56.9 Å². The maximum atomic E-state index is 14.4. The molecule has 3 aliphatic heterocycles. The third-order valence-corrected chi connectivity index (χ3v) is 10.9. The number of carbonyl (C=O) groups excluding carboxylic acids is 2. The second kappa shape index (κ2) is 14.7. The van der Waals surface area contributed by atoms with E-state index in [9.17, 15) is 27.7 Å². The molecule has 2 amide bonds. The number of amides is 2. The van der Waals surface area contributed by atoms with Crippen molar-refractivity contribution in [1.82, 2.24) is 19.7 Å². The Kier molecular flexibility index (Phi) is 10.3. The largest absolute Gasteiger partial charge is 0.497 e. The predicted octanol–water partition coefficient (Wildman–Crippen LogP) is 3.91. The standard InChI is InChI=1S/C35H39FN6O8S/c1-5-49-34-26(7-6-14-38-34)31-32(30-25-10-8-21(36)17-27(25)39-33(30)43)41(20-23(19-37)42(31)22-12-15-40(2)16-13-22)35(44)50-51(45,46)29-11-9-24(47-3)18-28(29)48-4/h6-11,14,17-18,22-23,30-32H,5,12-13,15-16,20H2,1-4H3,(H,39,43). The number of rotatable bonds is 9. The van der Waals surface area contributed by atoms with Crippen LogP contribution in [0.1, 0.15) is 42.9 Å². The molecule has 0 aliphatic carbocycles. The van der Waals surface area contributed by atoms with Gasteiger partial charge in [-0.05, 0) is 75.8 Å². The number of nitrogens with one attached hydrogen (secondary N) is 1. The molecular formula is C35H39FN6O8S. The van der Waals surface area contributed by atoms with Crippen LogP contribution in [0.3, 0.4) is 0 Å². The van der Waals surface area contributed by atoms with Crippen molar-refractivity contribution in [3.05, 3.63) is 71.7 Å². The summed E-state index contributed by atoms with van der Waals surface area (Å²) in [5.74, 6) is -1.84. The van der Waals surface area contributed by atoms with Gasteiger partial charge in [0, 0.05) is 29.6 Å². The number of nitriles is 1. The SMILES string of the molecule is CCOc1ncccc1C1C(C2C(=O)Nc3cc(F)ccc32)N(C(=O)OS(=O)(=O)c2ccc(OC)cc2OC)CC(C#N)N1C1CCN(C)CC1. The monoisotopic (exact) mass is 722 g/mol. The van der Waals surface area contributed by atoms with Gasteiger partial charge in [-0.25, -0.2) is 14.2 Å². The predicted molar refractivity (Wildman–Crippen MR) is 181 cm³/mol. The van der Waals surface area contributed by atoms with Crippen LogP contribution in [-0.4, -0.2) is 106 Å². The van der Waals surface area contributed by atoms with E-state index in [2.05, 4.69) is 21.3 Å². The van der Waals surface area contributed by atoms with Crippen molar-refractivity contribution in [1.29, 1.82) is 5.26 Å². The van der Waals surface area contributed by atoms with Gasteiger partial charge in [0.25, 0.3) is 0 Å². The van der Waals surface area contributed by atoms with Crippen LogP contribution < -0.4 is 19.5 Å². The third kappa shape index (κ3) is 6.88. The first-order chi connectivity index (χ1) is 24.5. The average Bonchev–Trinajstić information content (AvgIpc) is 3.44. The summed E-state index contributed by atoms with van der Waals surface area (Å²) in [4.78, 5) is 37.8. The molecule has 270 valence electrons. The molecule has 1 aromatic heterocycles. The highest BCUT2D eigenvalue weighted by molar-refractivity contribution is 7.87. The summed E-state index contributed by atoms with van der Waals surface area (Å²) in [5, 5.41) is 13.4. The van der Waals surface area contributed by atoms with E-state index in [1.807, 2.05) is 11.9 Å². The lowest BCUT2D eigenvalue weighted by Crippen LogP contribution is -2.66. The number of pyridine rings is 1. The fraction of sp³-hybridized carbons (Fsp3) is 0.429. The van der Waals surface area contributed by atoms with Gasteiger partial charge in [-0.2, -0.15) is 13.7 Å². The van der Waals surface area contributed by atoms with Crippen LogP contribution in [0.2, 0.25) is 0 Å². The minimum Gasteiger partial charge on any atom is -0.497 e. The minimum atomic E-state index is -4.83. The summed E-state index contributed by atoms with van der Waals surface area (Å²) in [6.45, 7) is 3.21. The molecule has 4 heterocycles. The Balaban J connectivity index is 1.53. The molecule has 2 aromatic carbocycles. The molecule has 3 aliphatic rings. The van der Waals surface area contributed by atoms with Gasteiger partial charge in [0.2, 0.25) is 11.8 Å². The molecule has 16 heteroatoms. The summed E-state index contributed by atoms with van der Waals surface area (Å²) in [5.41, 5.74) is 1.11. The van der Waals surface area contributed by atoms with E-state index in [-0.39, 0.29) is 36.5 Å². The number of likely N-dealkylation sites (tertiary alicyclic amines) is 1. The molecule has 4 atom stereocenters. The number of piperidine rings is 1. The summed E-state index contributed by atoms with van der Waals surface area (Å²) in [6, 6.07) is 10.3. The van der Waals surface area contributed by atoms with Crippen LogP contribution >= 0.6 is 0 Å². The van der Waals surface area contributed by atoms with E-state index in [0.717, 1.165) is 18.0 Å². The first-order valence-electron chi connectivity index (χ1n) is 16.5. The van der Waals surface area contributed by atoms with Crippen molar-refractivity contribution in [2.75, 3.05) is 52.8 Å². The maximum Gasteiger partial charge on any atom is 0.426 e. The van der Waals surface area contributed by atoms with Gasteiger partial charge in [-0.15, -0.1) is 0 Å². The lowest BCUT2D eigenvalue weighted by Gasteiger charge is -2.54. The molecule has 0 bridgehead atoms. The Hall–Kier alpha value is -4.98. The van der Waals surface area contributed by atoms with Crippen molar-refractivity contribution in [3.63, 3.8) is 0 Å². The lowest BCUT2D eigenvalue weighted by molar-refractivity contribution is -0.121. The van der Waals surface area contributed by atoms with Crippen LogP contribution in [0.15, 0.2) is 59.6 Å². The quantitative estimate of drug-likeness (QED) is 0.318. The highest BCUT2D eigenvalue weighted by Gasteiger charge is 2.55. The van der Waals surface area contributed by atoms with Crippen LogP contribution in [0.4, 0.5) is 14.9 Å². The fourth-order valence-corrected chi connectivity index (χ4v) is 8.38. The van der Waals surface area contributed by atoms with Gasteiger partial charge in [0.1, 0.15) is 28.3 Å². The number of hydrogen-bond donors (Lipinski definition) is 1. The number of benzene rings is 2. The van der Waals surface area contributed by atoms with Crippen LogP contribution in [0.5, 0.6) is 17.4 Å². The number of methoxy groups -OCH3 is 2. The summed E-state index contributed by atoms with van der Waals surface area (Å²) in [6.07, 6.45) is 1.60. The molecule has 0 spiro atoms. The highest BCUT2D eigenvalue weighted by Crippen LogP contribution is 2.49. The van der Waals surface area contributed by atoms with Gasteiger partial charge in [-0.3, -0.25) is 14.6 Å². The first kappa shape index (κ1) is 35.8. The summed E-state index contributed by atoms with van der Waals surface area (Å²) in [7, 11) is -0.149. The molecule has 14 nitrogen and oxygen atoms in total. The molecule has 4 unspecified atom stereocenters. The molecule has 51 heavy (non-hydrogen) atoms. The third-order valence-electron chi connectivity index (χ3n) is 9.68. The zero-order valence-electron chi connectivity index (χ0n) is 28.6. The molecule has 2 fully saturated rings. The Morgan fingerprint density at radius 2 is 1.86 bits per heavy atom. The van der Waals surface area contributed by atoms with E-state index in [1.165, 1.54) is 50.6 Å². The Morgan fingerprint density at radius 3 is 2.55 bits per heavy atom. The van der Waals surface area contributed by atoms with Crippen molar-refractivity contribution in [3.8, 4) is 23.4 Å². The average molecular weight is 723 g/mol. The number of ether oxygens (including phenoxy) is 3. The van der Waals surface area contributed by atoms with Crippen molar-refractivity contribution in [2.45, 2.75) is 54.7 Å². The van der Waals surface area contributed by atoms with E-state index >= 15 is 0 Å². The van der Waals surface area contributed by atoms with E-state index in [1.54, 1.807) is 25.3 Å². The minimum absolute atomic E-state index is 0.124. The molecule has 2 saturated heterocycles. The number of halogens is 1. The zero-order valence-corrected chi connectivity index (χ0v) is 29.4. The number of piperazine rings is 1. The Bertz CT molecular complexity index is 1950. The molecule has 6 rings (SSSR count). The van der Waals surface area contributed by atoms with Gasteiger partial charge >= 0.3 is 16.2 Å². The summed E-state index contributed by atoms with van der Waals surface area (Å²) < 4.78 is 63.7. The number of hydrogen-bond acceptors (Lipinski definition) is 12. The number of carbonyl (C=O) groups is 2. The number of nitrogens with zero attached hydrogens (tertiary/aromatic N) is 5.